The first-order chi connectivity index (χ1) is 12.2. The average Bonchev–Trinajstić information content (AvgIpc) is 2.66. The number of rotatable bonds is 6. The van der Waals surface area contributed by atoms with Crippen LogP contribution >= 0.6 is 0 Å². The third kappa shape index (κ3) is 4.68. The van der Waals surface area contributed by atoms with Gasteiger partial charge in [-0.05, 0) is 43.4 Å². The molecular weight excluding hydrogens is 308 g/mol. The average molecular weight is 336 g/mol. The summed E-state index contributed by atoms with van der Waals surface area (Å²) in [5.74, 6) is 0.140. The van der Waals surface area contributed by atoms with Crippen molar-refractivity contribution in [2.24, 2.45) is 0 Å². The number of hydrogen-bond acceptors (Lipinski definition) is 2. The fourth-order valence-electron chi connectivity index (χ4n) is 3.93. The zero-order valence-corrected chi connectivity index (χ0v) is 15.1. The SMILES string of the molecule is Cc1cccc(C2(CNC(=O)CCc3cccnc3)CCCCC2)c1. The third-order valence-corrected chi connectivity index (χ3v) is 5.43. The second-order valence-corrected chi connectivity index (χ2v) is 7.35. The number of aryl methyl sites for hydroxylation is 2. The van der Waals surface area contributed by atoms with Crippen LogP contribution in [0, 0.1) is 6.92 Å². The Hall–Kier alpha value is -2.16. The van der Waals surface area contributed by atoms with Crippen LogP contribution in [0.1, 0.15) is 55.2 Å². The van der Waals surface area contributed by atoms with Gasteiger partial charge in [0.25, 0.3) is 0 Å². The van der Waals surface area contributed by atoms with Crippen molar-refractivity contribution in [3.63, 3.8) is 0 Å². The van der Waals surface area contributed by atoms with Crippen molar-refractivity contribution >= 4 is 5.91 Å². The molecule has 1 N–H and O–H groups in total. The molecule has 0 unspecified atom stereocenters. The number of carbonyl (C=O) groups excluding carboxylic acids is 1. The molecule has 0 saturated heterocycles. The highest BCUT2D eigenvalue weighted by molar-refractivity contribution is 5.76. The number of nitrogens with one attached hydrogen (secondary N) is 1. The highest BCUT2D eigenvalue weighted by Gasteiger charge is 2.34. The lowest BCUT2D eigenvalue weighted by molar-refractivity contribution is -0.121. The fraction of sp³-hybridized carbons (Fsp3) is 0.455. The first-order valence-corrected chi connectivity index (χ1v) is 9.41. The quantitative estimate of drug-likeness (QED) is 0.852. The van der Waals surface area contributed by atoms with Gasteiger partial charge in [-0.25, -0.2) is 0 Å². The first kappa shape index (κ1) is 17.7. The van der Waals surface area contributed by atoms with E-state index in [4.69, 9.17) is 0 Å². The van der Waals surface area contributed by atoms with Crippen LogP contribution in [-0.4, -0.2) is 17.4 Å². The minimum absolute atomic E-state index is 0.105. The Kier molecular flexibility index (Phi) is 5.85. The maximum atomic E-state index is 12.4. The molecular formula is C22H28N2O. The summed E-state index contributed by atoms with van der Waals surface area (Å²) in [6, 6.07) is 12.8. The molecule has 1 saturated carbocycles. The number of aromatic nitrogens is 1. The largest absolute Gasteiger partial charge is 0.355 e. The van der Waals surface area contributed by atoms with E-state index >= 15 is 0 Å². The van der Waals surface area contributed by atoms with E-state index in [0.717, 1.165) is 18.5 Å². The maximum Gasteiger partial charge on any atom is 0.220 e. The topological polar surface area (TPSA) is 42.0 Å². The second kappa shape index (κ2) is 8.28. The van der Waals surface area contributed by atoms with Gasteiger partial charge in [0.2, 0.25) is 5.91 Å². The van der Waals surface area contributed by atoms with E-state index in [9.17, 15) is 4.79 Å². The van der Waals surface area contributed by atoms with Gasteiger partial charge in [0.1, 0.15) is 0 Å². The van der Waals surface area contributed by atoms with E-state index in [0.29, 0.717) is 6.42 Å². The number of amides is 1. The Morgan fingerprint density at radius 2 is 2.00 bits per heavy atom. The predicted molar refractivity (Wildman–Crippen MR) is 102 cm³/mol. The summed E-state index contributed by atoms with van der Waals surface area (Å²) in [5, 5.41) is 3.22. The van der Waals surface area contributed by atoms with Crippen molar-refractivity contribution in [2.75, 3.05) is 6.54 Å². The van der Waals surface area contributed by atoms with E-state index in [1.54, 1.807) is 6.20 Å². The van der Waals surface area contributed by atoms with Gasteiger partial charge in [-0.15, -0.1) is 0 Å². The van der Waals surface area contributed by atoms with Crippen molar-refractivity contribution in [3.05, 3.63) is 65.5 Å². The first-order valence-electron chi connectivity index (χ1n) is 9.41. The number of nitrogens with zero attached hydrogens (tertiary/aromatic N) is 1. The van der Waals surface area contributed by atoms with Crippen molar-refractivity contribution in [3.8, 4) is 0 Å². The van der Waals surface area contributed by atoms with Gasteiger partial charge in [-0.1, -0.05) is 55.2 Å². The molecule has 1 aromatic carbocycles. The molecule has 0 spiro atoms. The van der Waals surface area contributed by atoms with Crippen LogP contribution in [0.15, 0.2) is 48.8 Å². The normalized spacial score (nSPS) is 16.4. The molecule has 0 radical (unpaired) electrons. The Balaban J connectivity index is 1.62. The van der Waals surface area contributed by atoms with E-state index < -0.39 is 0 Å². The molecule has 132 valence electrons. The lowest BCUT2D eigenvalue weighted by Crippen LogP contribution is -2.42. The van der Waals surface area contributed by atoms with E-state index in [1.807, 2.05) is 18.3 Å². The maximum absolute atomic E-state index is 12.4. The predicted octanol–water partition coefficient (Wildman–Crippen LogP) is 4.34. The minimum atomic E-state index is 0.105. The van der Waals surface area contributed by atoms with E-state index in [-0.39, 0.29) is 11.3 Å². The van der Waals surface area contributed by atoms with Gasteiger partial charge in [-0.3, -0.25) is 9.78 Å². The molecule has 1 fully saturated rings. The second-order valence-electron chi connectivity index (χ2n) is 7.35. The van der Waals surface area contributed by atoms with Crippen LogP contribution in [0.2, 0.25) is 0 Å². The molecule has 0 bridgehead atoms. The Bertz CT molecular complexity index is 690. The van der Waals surface area contributed by atoms with Gasteiger partial charge in [0, 0.05) is 30.8 Å². The smallest absolute Gasteiger partial charge is 0.220 e. The summed E-state index contributed by atoms with van der Waals surface area (Å²) in [7, 11) is 0. The lowest BCUT2D eigenvalue weighted by Gasteiger charge is -2.38. The Labute approximate surface area is 150 Å². The van der Waals surface area contributed by atoms with Gasteiger partial charge in [0.05, 0.1) is 0 Å². The standard InChI is InChI=1S/C22H28N2O/c1-18-7-5-9-20(15-18)22(12-3-2-4-13-22)17-24-21(25)11-10-19-8-6-14-23-16-19/h5-9,14-16H,2-4,10-13,17H2,1H3,(H,24,25). The minimum Gasteiger partial charge on any atom is -0.355 e. The Morgan fingerprint density at radius 1 is 1.16 bits per heavy atom. The molecule has 2 aromatic rings. The fourth-order valence-corrected chi connectivity index (χ4v) is 3.93. The molecule has 1 aromatic heterocycles. The number of hydrogen-bond donors (Lipinski definition) is 1. The van der Waals surface area contributed by atoms with Crippen molar-refractivity contribution in [2.45, 2.75) is 57.3 Å². The zero-order valence-electron chi connectivity index (χ0n) is 15.1. The van der Waals surface area contributed by atoms with Crippen LogP contribution in [0.25, 0.3) is 0 Å². The summed E-state index contributed by atoms with van der Waals surface area (Å²) in [6.45, 7) is 2.90. The van der Waals surface area contributed by atoms with Crippen molar-refractivity contribution in [1.29, 1.82) is 0 Å². The monoisotopic (exact) mass is 336 g/mol. The molecule has 3 nitrogen and oxygen atoms in total. The van der Waals surface area contributed by atoms with Crippen molar-refractivity contribution < 1.29 is 4.79 Å². The highest BCUT2D eigenvalue weighted by Crippen LogP contribution is 2.39. The van der Waals surface area contributed by atoms with Crippen LogP contribution < -0.4 is 5.32 Å². The van der Waals surface area contributed by atoms with Crippen LogP contribution in [0.5, 0.6) is 0 Å². The van der Waals surface area contributed by atoms with Crippen LogP contribution in [-0.2, 0) is 16.6 Å². The summed E-state index contributed by atoms with van der Waals surface area (Å²) < 4.78 is 0. The van der Waals surface area contributed by atoms with Gasteiger partial charge < -0.3 is 5.32 Å². The van der Waals surface area contributed by atoms with Gasteiger partial charge >= 0.3 is 0 Å². The summed E-state index contributed by atoms with van der Waals surface area (Å²) in [4.78, 5) is 16.5. The van der Waals surface area contributed by atoms with Crippen molar-refractivity contribution in [1.82, 2.24) is 10.3 Å². The van der Waals surface area contributed by atoms with Gasteiger partial charge in [0.15, 0.2) is 0 Å². The molecule has 1 aliphatic carbocycles. The third-order valence-electron chi connectivity index (χ3n) is 5.43. The van der Waals surface area contributed by atoms with Gasteiger partial charge in [-0.2, -0.15) is 0 Å². The molecule has 1 amide bonds. The molecule has 0 atom stereocenters. The molecule has 25 heavy (non-hydrogen) atoms. The number of benzene rings is 1. The molecule has 1 heterocycles. The van der Waals surface area contributed by atoms with Crippen LogP contribution in [0.4, 0.5) is 0 Å². The zero-order chi connectivity index (χ0) is 17.5. The summed E-state index contributed by atoms with van der Waals surface area (Å²) in [5.41, 5.74) is 3.91. The molecule has 3 rings (SSSR count). The molecule has 0 aliphatic heterocycles. The van der Waals surface area contributed by atoms with E-state index in [2.05, 4.69) is 41.5 Å². The lowest BCUT2D eigenvalue weighted by atomic mass is 9.69. The molecule has 1 aliphatic rings. The number of carbonyl (C=O) groups is 1. The van der Waals surface area contributed by atoms with Crippen LogP contribution in [0.3, 0.4) is 0 Å². The summed E-state index contributed by atoms with van der Waals surface area (Å²) >= 11 is 0. The number of pyridine rings is 1. The highest BCUT2D eigenvalue weighted by atomic mass is 16.1. The molecule has 3 heteroatoms. The van der Waals surface area contributed by atoms with E-state index in [1.165, 1.54) is 43.2 Å². The summed E-state index contributed by atoms with van der Waals surface area (Å²) in [6.07, 6.45) is 11.0. The Morgan fingerprint density at radius 3 is 2.72 bits per heavy atom.